The van der Waals surface area contributed by atoms with Crippen LogP contribution in [0.4, 0.5) is 15.5 Å². The first kappa shape index (κ1) is 18.2. The van der Waals surface area contributed by atoms with E-state index in [0.29, 0.717) is 60.2 Å². The highest BCUT2D eigenvalue weighted by molar-refractivity contribution is 7.17. The molecular weight excluding hydrogens is 398 g/mol. The molecule has 1 aliphatic carbocycles. The van der Waals surface area contributed by atoms with E-state index in [4.69, 9.17) is 24.7 Å². The van der Waals surface area contributed by atoms with Gasteiger partial charge in [-0.05, 0) is 24.1 Å². The van der Waals surface area contributed by atoms with Gasteiger partial charge in [-0.25, -0.2) is 4.79 Å². The van der Waals surface area contributed by atoms with Crippen LogP contribution in [0.1, 0.15) is 27.2 Å². The number of rotatable bonds is 3. The molecule has 1 aromatic carbocycles. The Hall–Kier alpha value is -2.82. The molecule has 2 aliphatic heterocycles. The summed E-state index contributed by atoms with van der Waals surface area (Å²) in [5.41, 5.74) is 7.39. The van der Waals surface area contributed by atoms with Crippen molar-refractivity contribution < 1.29 is 28.5 Å². The third-order valence-electron chi connectivity index (χ3n) is 5.19. The van der Waals surface area contributed by atoms with Crippen molar-refractivity contribution in [3.63, 3.8) is 0 Å². The van der Waals surface area contributed by atoms with Crippen LogP contribution >= 0.6 is 11.3 Å². The third kappa shape index (κ3) is 3.28. The van der Waals surface area contributed by atoms with Gasteiger partial charge in [0.1, 0.15) is 5.00 Å². The highest BCUT2D eigenvalue weighted by Crippen LogP contribution is 2.43. The fraction of sp³-hybridized carbons (Fsp3) is 0.368. The largest absolute Gasteiger partial charge is 0.454 e. The average molecular weight is 417 g/mol. The number of carbonyl (C=O) groups is 2. The molecule has 1 aromatic heterocycles. The van der Waals surface area contributed by atoms with E-state index in [9.17, 15) is 9.59 Å². The van der Waals surface area contributed by atoms with Crippen LogP contribution in [-0.4, -0.2) is 37.7 Å². The van der Waals surface area contributed by atoms with Gasteiger partial charge in [-0.1, -0.05) is 0 Å². The van der Waals surface area contributed by atoms with Gasteiger partial charge < -0.3 is 30.0 Å². The number of hydrogen-bond donors (Lipinski definition) is 3. The van der Waals surface area contributed by atoms with Gasteiger partial charge in [-0.2, -0.15) is 0 Å². The molecule has 3 amide bonds. The van der Waals surface area contributed by atoms with Crippen molar-refractivity contribution in [1.82, 2.24) is 0 Å². The molecule has 3 heterocycles. The first-order chi connectivity index (χ1) is 14.0. The first-order valence-electron chi connectivity index (χ1n) is 9.23. The molecule has 0 atom stereocenters. The molecule has 0 bridgehead atoms. The topological polar surface area (TPSA) is 121 Å². The summed E-state index contributed by atoms with van der Waals surface area (Å²) in [5, 5.41) is 5.92. The number of amides is 3. The van der Waals surface area contributed by atoms with Gasteiger partial charge in [0, 0.05) is 29.5 Å². The maximum Gasteiger partial charge on any atom is 0.324 e. The van der Waals surface area contributed by atoms with E-state index in [-0.39, 0.29) is 6.79 Å². The summed E-state index contributed by atoms with van der Waals surface area (Å²) >= 11 is 1.33. The van der Waals surface area contributed by atoms with Crippen molar-refractivity contribution in [3.8, 4) is 11.5 Å². The Morgan fingerprint density at radius 1 is 1.10 bits per heavy atom. The van der Waals surface area contributed by atoms with Crippen molar-refractivity contribution in [2.75, 3.05) is 30.6 Å². The Morgan fingerprint density at radius 2 is 1.90 bits per heavy atom. The minimum Gasteiger partial charge on any atom is -0.454 e. The summed E-state index contributed by atoms with van der Waals surface area (Å²) < 4.78 is 22.2. The Morgan fingerprint density at radius 3 is 2.69 bits per heavy atom. The van der Waals surface area contributed by atoms with Crippen molar-refractivity contribution >= 4 is 34.0 Å². The number of carbonyl (C=O) groups excluding carboxylic acids is 2. The second-order valence-electron chi connectivity index (χ2n) is 7.00. The molecule has 1 fully saturated rings. The minimum atomic E-state index is -0.626. The molecule has 29 heavy (non-hydrogen) atoms. The quantitative estimate of drug-likeness (QED) is 0.705. The van der Waals surface area contributed by atoms with Crippen LogP contribution in [0.25, 0.3) is 0 Å². The van der Waals surface area contributed by atoms with E-state index in [1.807, 2.05) is 0 Å². The summed E-state index contributed by atoms with van der Waals surface area (Å²) in [6.45, 7) is 1.28. The number of urea groups is 1. The van der Waals surface area contributed by atoms with Crippen molar-refractivity contribution in [2.45, 2.75) is 25.0 Å². The van der Waals surface area contributed by atoms with Gasteiger partial charge in [0.25, 0.3) is 5.91 Å². The van der Waals surface area contributed by atoms with E-state index < -0.39 is 17.7 Å². The third-order valence-corrected chi connectivity index (χ3v) is 6.34. The zero-order chi connectivity index (χ0) is 20.0. The van der Waals surface area contributed by atoms with Gasteiger partial charge in [0.15, 0.2) is 17.3 Å². The smallest absolute Gasteiger partial charge is 0.324 e. The number of fused-ring (bicyclic) bond motifs is 2. The van der Waals surface area contributed by atoms with Gasteiger partial charge in [-0.3, -0.25) is 10.1 Å². The minimum absolute atomic E-state index is 0.155. The van der Waals surface area contributed by atoms with Crippen LogP contribution in [0.15, 0.2) is 18.2 Å². The number of nitrogens with two attached hydrogens (primary N) is 1. The molecule has 4 N–H and O–H groups in total. The lowest BCUT2D eigenvalue weighted by atomic mass is 9.90. The highest BCUT2D eigenvalue weighted by atomic mass is 32.1. The molecular formula is C19H19N3O6S. The normalized spacial score (nSPS) is 18.5. The van der Waals surface area contributed by atoms with E-state index >= 15 is 0 Å². The van der Waals surface area contributed by atoms with E-state index in [0.717, 1.165) is 10.4 Å². The van der Waals surface area contributed by atoms with Crippen LogP contribution in [0.3, 0.4) is 0 Å². The molecule has 2 aromatic rings. The summed E-state index contributed by atoms with van der Waals surface area (Å²) in [6, 6.07) is 4.63. The van der Waals surface area contributed by atoms with Gasteiger partial charge >= 0.3 is 6.03 Å². The average Bonchev–Trinajstić information content (AvgIpc) is 3.39. The van der Waals surface area contributed by atoms with E-state index in [1.165, 1.54) is 11.3 Å². The van der Waals surface area contributed by atoms with Crippen LogP contribution in [-0.2, 0) is 22.3 Å². The van der Waals surface area contributed by atoms with Crippen LogP contribution in [0.5, 0.6) is 11.5 Å². The number of thiophene rings is 1. The van der Waals surface area contributed by atoms with E-state index in [2.05, 4.69) is 10.6 Å². The number of primary amides is 1. The number of hydrogen-bond acceptors (Lipinski definition) is 7. The molecule has 0 saturated carbocycles. The molecule has 5 rings (SSSR count). The molecule has 9 nitrogen and oxygen atoms in total. The van der Waals surface area contributed by atoms with E-state index in [1.54, 1.807) is 18.2 Å². The SMILES string of the molecule is NC(=O)c1c(NC(=O)Nc2ccc3c(c2)OCO3)sc2c1CCC1(C2)OCCO1. The Bertz CT molecular complexity index is 998. The Kier molecular flexibility index (Phi) is 4.34. The lowest BCUT2D eigenvalue weighted by Gasteiger charge is -2.31. The fourth-order valence-corrected chi connectivity index (χ4v) is 5.24. The fourth-order valence-electron chi connectivity index (χ4n) is 3.90. The maximum absolute atomic E-state index is 12.5. The number of benzene rings is 1. The molecule has 10 heteroatoms. The predicted molar refractivity (Wildman–Crippen MR) is 105 cm³/mol. The Balaban J connectivity index is 1.36. The van der Waals surface area contributed by atoms with Crippen molar-refractivity contribution in [2.24, 2.45) is 5.73 Å². The molecule has 152 valence electrons. The van der Waals surface area contributed by atoms with Gasteiger partial charge in [0.2, 0.25) is 6.79 Å². The lowest BCUT2D eigenvalue weighted by molar-refractivity contribution is -0.163. The molecule has 3 aliphatic rings. The molecule has 1 saturated heterocycles. The highest BCUT2D eigenvalue weighted by Gasteiger charge is 2.42. The standard InChI is InChI=1S/C19H19N3O6S/c20-16(23)15-11-3-4-19(27-5-6-28-19)8-14(11)29-17(15)22-18(24)21-10-1-2-12-13(7-10)26-9-25-12/h1-2,7H,3-6,8-9H2,(H2,20,23)(H2,21,22,24). The Labute approximate surface area is 170 Å². The maximum atomic E-state index is 12.5. The van der Waals surface area contributed by atoms with Gasteiger partial charge in [0.05, 0.1) is 18.8 Å². The van der Waals surface area contributed by atoms with Crippen LogP contribution in [0, 0.1) is 0 Å². The summed E-state index contributed by atoms with van der Waals surface area (Å²) in [5.74, 6) is 0.000969. The molecule has 1 spiro atoms. The number of ether oxygens (including phenoxy) is 4. The predicted octanol–water partition coefficient (Wildman–Crippen LogP) is 2.45. The summed E-state index contributed by atoms with van der Waals surface area (Å²) in [7, 11) is 0. The van der Waals surface area contributed by atoms with Crippen molar-refractivity contribution in [1.29, 1.82) is 0 Å². The van der Waals surface area contributed by atoms with Crippen LogP contribution < -0.4 is 25.8 Å². The number of nitrogens with one attached hydrogen (secondary N) is 2. The first-order valence-corrected chi connectivity index (χ1v) is 10.0. The second-order valence-corrected chi connectivity index (χ2v) is 8.11. The monoisotopic (exact) mass is 417 g/mol. The second kappa shape index (κ2) is 6.90. The van der Waals surface area contributed by atoms with Crippen LogP contribution in [0.2, 0.25) is 0 Å². The summed E-state index contributed by atoms with van der Waals surface area (Å²) in [4.78, 5) is 25.6. The summed E-state index contributed by atoms with van der Waals surface area (Å²) in [6.07, 6.45) is 1.80. The zero-order valence-electron chi connectivity index (χ0n) is 15.4. The lowest BCUT2D eigenvalue weighted by Crippen LogP contribution is -2.36. The van der Waals surface area contributed by atoms with Crippen molar-refractivity contribution in [3.05, 3.63) is 34.2 Å². The molecule has 0 unspecified atom stereocenters. The number of anilines is 2. The van der Waals surface area contributed by atoms with Gasteiger partial charge in [-0.15, -0.1) is 11.3 Å². The zero-order valence-corrected chi connectivity index (χ0v) is 16.2. The molecule has 0 radical (unpaired) electrons.